The average Bonchev–Trinajstić information content (AvgIpc) is 2.89. The minimum atomic E-state index is -1.49. The fourth-order valence-corrected chi connectivity index (χ4v) is 5.17. The number of carbonyl (C=O) groups excluding carboxylic acids is 3. The van der Waals surface area contributed by atoms with Gasteiger partial charge in [-0.3, -0.25) is 14.4 Å². The van der Waals surface area contributed by atoms with E-state index in [0.29, 0.717) is 0 Å². The summed E-state index contributed by atoms with van der Waals surface area (Å²) in [5, 5.41) is 47.8. The first-order chi connectivity index (χ1) is 17.9. The highest BCUT2D eigenvalue weighted by atomic mass is 32.2. The number of nitrogens with one attached hydrogen (secondary N) is 3. The summed E-state index contributed by atoms with van der Waals surface area (Å²) in [5.74, 6) is -1.24. The highest BCUT2D eigenvalue weighted by molar-refractivity contribution is 7.99. The van der Waals surface area contributed by atoms with Gasteiger partial charge in [0, 0.05) is 18.2 Å². The van der Waals surface area contributed by atoms with Crippen LogP contribution in [0.5, 0.6) is 0 Å². The van der Waals surface area contributed by atoms with E-state index in [-0.39, 0.29) is 24.6 Å². The van der Waals surface area contributed by atoms with E-state index >= 15 is 0 Å². The fraction of sp³-hybridized carbons (Fsp3) is 0.640. The first-order valence-electron chi connectivity index (χ1n) is 12.5. The summed E-state index contributed by atoms with van der Waals surface area (Å²) < 4.78 is 5.55. The molecule has 0 bridgehead atoms. The van der Waals surface area contributed by atoms with E-state index < -0.39 is 72.3 Å². The van der Waals surface area contributed by atoms with Crippen LogP contribution in [0.4, 0.5) is 0 Å². The van der Waals surface area contributed by atoms with Crippen LogP contribution >= 0.6 is 11.8 Å². The van der Waals surface area contributed by atoms with E-state index in [0.717, 1.165) is 17.3 Å². The number of ether oxygens (including phenoxy) is 1. The Balaban J connectivity index is 2.07. The van der Waals surface area contributed by atoms with Gasteiger partial charge in [-0.1, -0.05) is 44.2 Å². The van der Waals surface area contributed by atoms with Crippen LogP contribution in [0.2, 0.25) is 0 Å². The van der Waals surface area contributed by atoms with Crippen LogP contribution in [-0.2, 0) is 25.5 Å². The van der Waals surface area contributed by atoms with E-state index in [1.54, 1.807) is 0 Å². The van der Waals surface area contributed by atoms with Crippen molar-refractivity contribution >= 4 is 29.5 Å². The molecule has 1 aromatic rings. The number of hydrogen-bond acceptors (Lipinski definition) is 10. The summed E-state index contributed by atoms with van der Waals surface area (Å²) in [6.07, 6.45) is -5.14. The molecule has 214 valence electrons. The van der Waals surface area contributed by atoms with Crippen LogP contribution in [0.25, 0.3) is 0 Å². The Kier molecular flexibility index (Phi) is 12.9. The molecular weight excluding hydrogens is 516 g/mol. The number of aliphatic hydroxyl groups is 4. The molecule has 0 aromatic heterocycles. The molecule has 2 rings (SSSR count). The van der Waals surface area contributed by atoms with Gasteiger partial charge in [0.25, 0.3) is 0 Å². The van der Waals surface area contributed by atoms with Crippen molar-refractivity contribution in [2.75, 3.05) is 18.9 Å². The second-order valence-corrected chi connectivity index (χ2v) is 10.8. The maximum Gasteiger partial charge on any atom is 0.243 e. The number of benzene rings is 1. The number of carbonyl (C=O) groups is 3. The maximum absolute atomic E-state index is 13.3. The Labute approximate surface area is 226 Å². The third-order valence-corrected chi connectivity index (χ3v) is 7.46. The van der Waals surface area contributed by atoms with Gasteiger partial charge in [0.1, 0.15) is 35.9 Å². The lowest BCUT2D eigenvalue weighted by molar-refractivity contribution is -0.205. The van der Waals surface area contributed by atoms with Gasteiger partial charge in [-0.2, -0.15) is 0 Å². The van der Waals surface area contributed by atoms with E-state index in [9.17, 15) is 34.8 Å². The van der Waals surface area contributed by atoms with Crippen molar-refractivity contribution in [3.05, 3.63) is 35.9 Å². The molecule has 1 fully saturated rings. The zero-order valence-corrected chi connectivity index (χ0v) is 22.6. The Morgan fingerprint density at radius 2 is 1.66 bits per heavy atom. The predicted molar refractivity (Wildman–Crippen MR) is 142 cm³/mol. The average molecular weight is 557 g/mol. The summed E-state index contributed by atoms with van der Waals surface area (Å²) in [6.45, 7) is 4.42. The predicted octanol–water partition coefficient (Wildman–Crippen LogP) is -2.15. The zero-order chi connectivity index (χ0) is 28.4. The molecule has 0 spiro atoms. The van der Waals surface area contributed by atoms with Crippen molar-refractivity contribution in [2.45, 2.75) is 75.2 Å². The third-order valence-electron chi connectivity index (χ3n) is 6.19. The first kappa shape index (κ1) is 32.0. The van der Waals surface area contributed by atoms with Gasteiger partial charge in [-0.15, -0.1) is 11.8 Å². The van der Waals surface area contributed by atoms with Crippen LogP contribution in [0.3, 0.4) is 0 Å². The molecular formula is C25H40N4O8S. The number of hydrogen-bond donors (Lipinski definition) is 8. The summed E-state index contributed by atoms with van der Waals surface area (Å²) >= 11 is 1.14. The van der Waals surface area contributed by atoms with Gasteiger partial charge >= 0.3 is 0 Å². The lowest BCUT2D eigenvalue weighted by atomic mass is 10.0. The molecule has 1 aliphatic heterocycles. The second kappa shape index (κ2) is 15.4. The number of aliphatic hydroxyl groups excluding tert-OH is 4. The monoisotopic (exact) mass is 556 g/mol. The second-order valence-electron chi connectivity index (χ2n) is 9.71. The van der Waals surface area contributed by atoms with Crippen LogP contribution in [0, 0.1) is 5.92 Å². The molecule has 1 aromatic carbocycles. The molecule has 3 amide bonds. The molecule has 0 saturated carbocycles. The SMILES string of the molecule is CC(C)[C@@H](CS[C@H]1O[C@H](CO)[C@@H](O)[C@H](O)[C@H]1O)NC(=O)[C@H](Cc1ccccc1)NC(=O)CNC(=O)[C@H](C)N. The highest BCUT2D eigenvalue weighted by Crippen LogP contribution is 2.29. The standard InChI is InChI=1S/C25H40N4O8S/c1-13(2)17(12-38-25-22(34)21(33)20(32)18(11-30)37-25)29-24(36)16(9-15-7-5-4-6-8-15)28-19(31)10-27-23(35)14(3)26/h4-8,13-14,16-18,20-22,25,30,32-34H,9-12,26H2,1-3H3,(H,27,35)(H,28,31)(H,29,36)/t14-,16-,17+,18+,20+,21-,22+,25+/m0/s1. The van der Waals surface area contributed by atoms with Crippen LogP contribution in [0.15, 0.2) is 30.3 Å². The topological polar surface area (TPSA) is 203 Å². The Hall–Kier alpha value is -2.26. The molecule has 1 heterocycles. The van der Waals surface area contributed by atoms with Crippen LogP contribution in [0.1, 0.15) is 26.3 Å². The maximum atomic E-state index is 13.3. The van der Waals surface area contributed by atoms with Gasteiger partial charge < -0.3 is 46.8 Å². The van der Waals surface area contributed by atoms with Gasteiger partial charge in [-0.05, 0) is 18.4 Å². The molecule has 8 atom stereocenters. The van der Waals surface area contributed by atoms with Gasteiger partial charge in [0.15, 0.2) is 0 Å². The van der Waals surface area contributed by atoms with E-state index in [1.165, 1.54) is 6.92 Å². The highest BCUT2D eigenvalue weighted by Gasteiger charge is 2.43. The van der Waals surface area contributed by atoms with Crippen LogP contribution in [-0.4, -0.2) is 105 Å². The summed E-state index contributed by atoms with van der Waals surface area (Å²) in [4.78, 5) is 37.6. The number of nitrogens with two attached hydrogens (primary N) is 1. The lowest BCUT2D eigenvalue weighted by Crippen LogP contribution is -2.58. The molecule has 1 aliphatic rings. The van der Waals surface area contributed by atoms with Crippen molar-refractivity contribution in [1.82, 2.24) is 16.0 Å². The van der Waals surface area contributed by atoms with Gasteiger partial charge in [-0.25, -0.2) is 0 Å². The number of rotatable bonds is 13. The number of amides is 3. The summed E-state index contributed by atoms with van der Waals surface area (Å²) in [6, 6.07) is 7.03. The normalized spacial score (nSPS) is 25.8. The molecule has 1 saturated heterocycles. The van der Waals surface area contributed by atoms with Crippen molar-refractivity contribution in [3.8, 4) is 0 Å². The molecule has 0 unspecified atom stereocenters. The molecule has 0 radical (unpaired) electrons. The third kappa shape index (κ3) is 9.49. The smallest absolute Gasteiger partial charge is 0.243 e. The van der Waals surface area contributed by atoms with Crippen molar-refractivity contribution in [1.29, 1.82) is 0 Å². The number of thioether (sulfide) groups is 1. The quantitative estimate of drug-likeness (QED) is 0.132. The van der Waals surface area contributed by atoms with Crippen molar-refractivity contribution in [3.63, 3.8) is 0 Å². The lowest BCUT2D eigenvalue weighted by Gasteiger charge is -2.40. The van der Waals surface area contributed by atoms with Crippen LogP contribution < -0.4 is 21.7 Å². The van der Waals surface area contributed by atoms with E-state index in [1.807, 2.05) is 44.2 Å². The first-order valence-corrected chi connectivity index (χ1v) is 13.6. The summed E-state index contributed by atoms with van der Waals surface area (Å²) in [7, 11) is 0. The van der Waals surface area contributed by atoms with Gasteiger partial charge in [0.05, 0.1) is 19.2 Å². The molecule has 9 N–H and O–H groups in total. The Bertz CT molecular complexity index is 905. The molecule has 13 heteroatoms. The van der Waals surface area contributed by atoms with E-state index in [2.05, 4.69) is 16.0 Å². The minimum absolute atomic E-state index is 0.0465. The van der Waals surface area contributed by atoms with Crippen molar-refractivity contribution in [2.24, 2.45) is 11.7 Å². The minimum Gasteiger partial charge on any atom is -0.394 e. The van der Waals surface area contributed by atoms with E-state index in [4.69, 9.17) is 10.5 Å². The molecule has 12 nitrogen and oxygen atoms in total. The largest absolute Gasteiger partial charge is 0.394 e. The molecule has 0 aliphatic carbocycles. The Morgan fingerprint density at radius 3 is 2.24 bits per heavy atom. The van der Waals surface area contributed by atoms with Gasteiger partial charge in [0.2, 0.25) is 17.7 Å². The fourth-order valence-electron chi connectivity index (χ4n) is 3.72. The van der Waals surface area contributed by atoms with Crippen molar-refractivity contribution < 1.29 is 39.5 Å². The molecule has 38 heavy (non-hydrogen) atoms. The summed E-state index contributed by atoms with van der Waals surface area (Å²) in [5.41, 5.74) is 5.39. The zero-order valence-electron chi connectivity index (χ0n) is 21.8. The Morgan fingerprint density at radius 1 is 1.00 bits per heavy atom.